The first-order valence-corrected chi connectivity index (χ1v) is 20.2. The van der Waals surface area contributed by atoms with E-state index >= 15 is 0 Å². The van der Waals surface area contributed by atoms with Gasteiger partial charge in [-0.1, -0.05) is 240 Å². The molecule has 0 rings (SSSR count). The summed E-state index contributed by atoms with van der Waals surface area (Å²) in [5.74, 6) is 0. The van der Waals surface area contributed by atoms with E-state index in [1.807, 2.05) is 0 Å². The quantitative estimate of drug-likeness (QED) is 0.0651. The maximum atomic E-state index is 2.62. The third kappa shape index (κ3) is 32.7. The van der Waals surface area contributed by atoms with Gasteiger partial charge in [0.1, 0.15) is 0 Å². The smallest absolute Gasteiger partial charge is 0.0326 e. The van der Waals surface area contributed by atoms with Crippen molar-refractivity contribution in [2.24, 2.45) is 5.41 Å². The number of unbranched alkanes of at least 4 members (excludes halogenated alkanes) is 30. The van der Waals surface area contributed by atoms with Crippen LogP contribution in [0, 0.1) is 5.41 Å². The molecule has 0 aliphatic rings. The first kappa shape index (κ1) is 41.0. The van der Waals surface area contributed by atoms with Crippen LogP contribution in [-0.4, -0.2) is 0 Å². The van der Waals surface area contributed by atoms with Gasteiger partial charge < -0.3 is 0 Å². The predicted molar refractivity (Wildman–Crippen MR) is 191 cm³/mol. The number of rotatable bonds is 36. The Balaban J connectivity index is 3.49. The fourth-order valence-electron chi connectivity index (χ4n) is 7.18. The molecule has 0 radical (unpaired) electrons. The predicted octanol–water partition coefficient (Wildman–Crippen LogP) is 16.1. The van der Waals surface area contributed by atoms with Crippen molar-refractivity contribution in [3.05, 3.63) is 0 Å². The second kappa shape index (κ2) is 34.5. The van der Waals surface area contributed by atoms with Gasteiger partial charge in [-0.2, -0.15) is 0 Å². The van der Waals surface area contributed by atoms with Crippen molar-refractivity contribution in [1.29, 1.82) is 0 Å². The Morgan fingerprint density at radius 1 is 0.220 bits per heavy atom. The molecule has 0 aromatic heterocycles. The third-order valence-electron chi connectivity index (χ3n) is 10.1. The zero-order valence-electron chi connectivity index (χ0n) is 30.0. The van der Waals surface area contributed by atoms with E-state index in [9.17, 15) is 0 Å². The lowest BCUT2D eigenvalue weighted by Crippen LogP contribution is -2.16. The van der Waals surface area contributed by atoms with E-state index in [4.69, 9.17) is 0 Å². The van der Waals surface area contributed by atoms with Gasteiger partial charge >= 0.3 is 0 Å². The van der Waals surface area contributed by atoms with Gasteiger partial charge in [-0.3, -0.25) is 0 Å². The molecule has 0 atom stereocenters. The molecule has 41 heavy (non-hydrogen) atoms. The van der Waals surface area contributed by atoms with Crippen LogP contribution in [0.5, 0.6) is 0 Å². The van der Waals surface area contributed by atoms with Crippen LogP contribution >= 0.6 is 0 Å². The summed E-state index contributed by atoms with van der Waals surface area (Å²) in [5, 5.41) is 0. The van der Waals surface area contributed by atoms with Crippen LogP contribution in [0.3, 0.4) is 0 Å². The summed E-state index contributed by atoms with van der Waals surface area (Å²) >= 11 is 0. The van der Waals surface area contributed by atoms with Gasteiger partial charge in [-0.25, -0.2) is 0 Å². The van der Waals surface area contributed by atoms with Crippen LogP contribution in [0.2, 0.25) is 0 Å². The van der Waals surface area contributed by atoms with Crippen LogP contribution in [0.1, 0.15) is 259 Å². The zero-order chi connectivity index (χ0) is 30.0. The molecule has 0 aliphatic carbocycles. The van der Waals surface area contributed by atoms with Crippen molar-refractivity contribution >= 4 is 0 Å². The second-order valence-electron chi connectivity index (χ2n) is 14.7. The van der Waals surface area contributed by atoms with Crippen molar-refractivity contribution in [3.63, 3.8) is 0 Å². The minimum absolute atomic E-state index is 0.626. The second-order valence-corrected chi connectivity index (χ2v) is 14.7. The summed E-state index contributed by atoms with van der Waals surface area (Å²) in [6.07, 6.45) is 53.0. The Bertz CT molecular complexity index is 415. The van der Waals surface area contributed by atoms with E-state index in [0.717, 1.165) is 0 Å². The summed E-state index contributed by atoms with van der Waals surface area (Å²) in [6, 6.07) is 0. The van der Waals surface area contributed by atoms with Gasteiger partial charge in [0.05, 0.1) is 0 Å². The Morgan fingerprint density at radius 2 is 0.415 bits per heavy atom. The van der Waals surface area contributed by atoms with Gasteiger partial charge in [-0.15, -0.1) is 0 Å². The van der Waals surface area contributed by atoms with Crippen molar-refractivity contribution in [2.75, 3.05) is 0 Å². The lowest BCUT2D eigenvalue weighted by molar-refractivity contribution is 0.228. The molecule has 0 N–H and O–H groups in total. The number of hydrogen-bond acceptors (Lipinski definition) is 0. The van der Waals surface area contributed by atoms with Crippen LogP contribution in [0.15, 0.2) is 0 Å². The Hall–Kier alpha value is 0. The molecule has 0 bridgehead atoms. The highest BCUT2D eigenvalue weighted by Gasteiger charge is 2.22. The zero-order valence-corrected chi connectivity index (χ0v) is 30.0. The first-order chi connectivity index (χ1) is 20.2. The molecule has 0 aromatic rings. The molecule has 0 nitrogen and oxygen atoms in total. The normalized spacial score (nSPS) is 12.0. The van der Waals surface area contributed by atoms with Crippen LogP contribution in [0.25, 0.3) is 0 Å². The molecule has 0 heteroatoms. The van der Waals surface area contributed by atoms with E-state index < -0.39 is 0 Å². The topological polar surface area (TPSA) is 0 Å². The average molecular weight is 577 g/mol. The minimum atomic E-state index is 0.626. The molecule has 0 amide bonds. The number of hydrogen-bond donors (Lipinski definition) is 0. The largest absolute Gasteiger partial charge is 0.0654 e. The standard InChI is InChI=1S/C41H84/c1-5-8-10-12-14-16-18-20-22-24-26-28-30-32-34-36-39-41(4,38-7-3)40-37-35-33-31-29-27-25-23-21-19-17-15-13-11-9-6-2/h5-40H2,1-4H3. The van der Waals surface area contributed by atoms with Gasteiger partial charge in [0.25, 0.3) is 0 Å². The Morgan fingerprint density at radius 3 is 0.610 bits per heavy atom. The maximum Gasteiger partial charge on any atom is -0.0326 e. The van der Waals surface area contributed by atoms with E-state index in [1.165, 1.54) is 231 Å². The fraction of sp³-hybridized carbons (Fsp3) is 1.00. The van der Waals surface area contributed by atoms with E-state index in [-0.39, 0.29) is 0 Å². The minimum Gasteiger partial charge on any atom is -0.0654 e. The summed E-state index contributed by atoms with van der Waals surface area (Å²) in [5.41, 5.74) is 0.626. The molecule has 0 unspecified atom stereocenters. The highest BCUT2D eigenvalue weighted by Crippen LogP contribution is 2.36. The molecule has 0 spiro atoms. The van der Waals surface area contributed by atoms with Crippen molar-refractivity contribution in [1.82, 2.24) is 0 Å². The summed E-state index contributed by atoms with van der Waals surface area (Å²) in [6.45, 7) is 9.64. The molecule has 0 saturated heterocycles. The van der Waals surface area contributed by atoms with Crippen LogP contribution < -0.4 is 0 Å². The van der Waals surface area contributed by atoms with Gasteiger partial charge in [0.15, 0.2) is 0 Å². The Kier molecular flexibility index (Phi) is 34.5. The molecule has 0 fully saturated rings. The Labute approximate surface area is 263 Å². The summed E-state index contributed by atoms with van der Waals surface area (Å²) in [7, 11) is 0. The molecule has 0 saturated carbocycles. The molecule has 0 aromatic carbocycles. The van der Waals surface area contributed by atoms with Crippen molar-refractivity contribution in [3.8, 4) is 0 Å². The lowest BCUT2D eigenvalue weighted by atomic mass is 9.76. The maximum absolute atomic E-state index is 2.62. The molecule has 248 valence electrons. The SMILES string of the molecule is CCCCCCCCCCCCCCCCCCC(C)(CCC)CCCCCCCCCCCCCCCCCC. The van der Waals surface area contributed by atoms with Crippen molar-refractivity contribution < 1.29 is 0 Å². The monoisotopic (exact) mass is 577 g/mol. The van der Waals surface area contributed by atoms with Crippen molar-refractivity contribution in [2.45, 2.75) is 259 Å². The first-order valence-electron chi connectivity index (χ1n) is 20.2. The highest BCUT2D eigenvalue weighted by atomic mass is 14.3. The molecule has 0 heterocycles. The fourth-order valence-corrected chi connectivity index (χ4v) is 7.18. The van der Waals surface area contributed by atoms with Gasteiger partial charge in [0.2, 0.25) is 0 Å². The average Bonchev–Trinajstić information content (AvgIpc) is 2.97. The summed E-state index contributed by atoms with van der Waals surface area (Å²) in [4.78, 5) is 0. The van der Waals surface area contributed by atoms with Gasteiger partial charge in [-0.05, 0) is 24.7 Å². The van der Waals surface area contributed by atoms with Crippen LogP contribution in [0.4, 0.5) is 0 Å². The highest BCUT2D eigenvalue weighted by molar-refractivity contribution is 4.74. The van der Waals surface area contributed by atoms with Crippen LogP contribution in [-0.2, 0) is 0 Å². The van der Waals surface area contributed by atoms with E-state index in [0.29, 0.717) is 5.41 Å². The molecular formula is C41H84. The molecular weight excluding hydrogens is 492 g/mol. The molecule has 0 aliphatic heterocycles. The summed E-state index contributed by atoms with van der Waals surface area (Å²) < 4.78 is 0. The van der Waals surface area contributed by atoms with Gasteiger partial charge in [0, 0.05) is 0 Å². The lowest BCUT2D eigenvalue weighted by Gasteiger charge is -2.29. The van der Waals surface area contributed by atoms with E-state index in [1.54, 1.807) is 0 Å². The third-order valence-corrected chi connectivity index (χ3v) is 10.1. The van der Waals surface area contributed by atoms with E-state index in [2.05, 4.69) is 27.7 Å².